The first-order chi connectivity index (χ1) is 43.4. The second-order valence-corrected chi connectivity index (χ2v) is 28.2. The number of nitrogens with one attached hydrogen (secondary N) is 1. The highest BCUT2D eigenvalue weighted by atomic mass is 31.2. The molecule has 9 nitrogen and oxygen atoms in total. The molecule has 3 atom stereocenters. The van der Waals surface area contributed by atoms with Crippen molar-refractivity contribution in [1.82, 2.24) is 5.32 Å². The van der Waals surface area contributed by atoms with Gasteiger partial charge >= 0.3 is 5.97 Å². The fourth-order valence-corrected chi connectivity index (χ4v) is 11.8. The molecule has 0 bridgehead atoms. The maximum absolute atomic E-state index is 13.6. The molecule has 0 fully saturated rings. The van der Waals surface area contributed by atoms with E-state index in [1.807, 2.05) is 33.3 Å². The van der Waals surface area contributed by atoms with Crippen molar-refractivity contribution in [3.8, 4) is 0 Å². The number of allylic oxidation sites excluding steroid dienone is 13. The van der Waals surface area contributed by atoms with Gasteiger partial charge in [0.15, 0.2) is 0 Å². The number of esters is 1. The fraction of sp³-hybridized carbons (Fsp3) is 0.797. The van der Waals surface area contributed by atoms with Crippen molar-refractivity contribution in [2.75, 3.05) is 40.9 Å². The van der Waals surface area contributed by atoms with Crippen LogP contribution < -0.4 is 10.2 Å². The Morgan fingerprint density at radius 1 is 0.404 bits per heavy atom. The Labute approximate surface area is 552 Å². The Morgan fingerprint density at radius 3 is 1.08 bits per heavy atom. The lowest BCUT2D eigenvalue weighted by Crippen LogP contribution is -2.47. The molecule has 0 aromatic rings. The molecule has 0 rings (SSSR count). The highest BCUT2D eigenvalue weighted by Crippen LogP contribution is 2.38. The van der Waals surface area contributed by atoms with Crippen molar-refractivity contribution in [2.24, 2.45) is 0 Å². The summed E-state index contributed by atoms with van der Waals surface area (Å²) in [5.74, 6) is -0.547. The monoisotopic (exact) mass is 1270 g/mol. The smallest absolute Gasteiger partial charge is 0.306 e. The molecule has 0 aromatic carbocycles. The van der Waals surface area contributed by atoms with E-state index in [2.05, 4.69) is 99.0 Å². The normalized spacial score (nSPS) is 13.9. The van der Waals surface area contributed by atoms with Gasteiger partial charge in [-0.3, -0.25) is 14.2 Å². The van der Waals surface area contributed by atoms with Crippen LogP contribution in [0.25, 0.3) is 0 Å². The number of quaternary nitrogens is 1. The largest absolute Gasteiger partial charge is 0.756 e. The first kappa shape index (κ1) is 86.2. The van der Waals surface area contributed by atoms with E-state index in [9.17, 15) is 19.0 Å². The Morgan fingerprint density at radius 2 is 0.719 bits per heavy atom. The Hall–Kier alpha value is -2.81. The van der Waals surface area contributed by atoms with E-state index in [1.165, 1.54) is 199 Å². The van der Waals surface area contributed by atoms with Gasteiger partial charge in [-0.1, -0.05) is 344 Å². The number of nitrogens with zero attached hydrogens (tertiary/aromatic N) is 1. The van der Waals surface area contributed by atoms with E-state index >= 15 is 0 Å². The molecule has 0 aromatic heterocycles. The lowest BCUT2D eigenvalue weighted by Gasteiger charge is -2.30. The molecule has 0 saturated carbocycles. The van der Waals surface area contributed by atoms with Crippen LogP contribution in [0.5, 0.6) is 0 Å². The zero-order chi connectivity index (χ0) is 64.9. The minimum Gasteiger partial charge on any atom is -0.756 e. The summed E-state index contributed by atoms with van der Waals surface area (Å²) in [5, 5.41) is 3.04. The minimum absolute atomic E-state index is 0.0273. The number of hydrogen-bond acceptors (Lipinski definition) is 7. The summed E-state index contributed by atoms with van der Waals surface area (Å²) in [4.78, 5) is 40.2. The van der Waals surface area contributed by atoms with Crippen LogP contribution in [-0.2, 0) is 27.9 Å². The Balaban J connectivity index is 4.96. The van der Waals surface area contributed by atoms with E-state index in [0.717, 1.165) is 122 Å². The number of likely N-dealkylation sites (N-methyl/N-ethyl adjacent to an activating group) is 1. The first-order valence-electron chi connectivity index (χ1n) is 37.9. The third-order valence-corrected chi connectivity index (χ3v) is 17.8. The Kier molecular flexibility index (Phi) is 65.9. The molecule has 89 heavy (non-hydrogen) atoms. The van der Waals surface area contributed by atoms with Gasteiger partial charge in [0.1, 0.15) is 19.3 Å². The van der Waals surface area contributed by atoms with Crippen LogP contribution in [0.4, 0.5) is 0 Å². The number of ether oxygens (including phenoxy) is 1. The van der Waals surface area contributed by atoms with Crippen LogP contribution in [0, 0.1) is 0 Å². The molecule has 1 N–H and O–H groups in total. The van der Waals surface area contributed by atoms with Gasteiger partial charge in [0.2, 0.25) is 5.91 Å². The maximum atomic E-state index is 13.6. The molecule has 10 heteroatoms. The highest BCUT2D eigenvalue weighted by Gasteiger charge is 2.27. The summed E-state index contributed by atoms with van der Waals surface area (Å²) in [6.07, 6.45) is 91.6. The van der Waals surface area contributed by atoms with Gasteiger partial charge in [0.05, 0.1) is 33.8 Å². The number of phosphoric acid groups is 1. The van der Waals surface area contributed by atoms with Crippen molar-refractivity contribution >= 4 is 19.7 Å². The van der Waals surface area contributed by atoms with Gasteiger partial charge in [-0.2, -0.15) is 0 Å². The van der Waals surface area contributed by atoms with Crippen LogP contribution in [0.3, 0.4) is 0 Å². The molecular weight excluding hydrogens is 1120 g/mol. The molecule has 0 aliphatic rings. The van der Waals surface area contributed by atoms with Crippen LogP contribution in [0.2, 0.25) is 0 Å². The van der Waals surface area contributed by atoms with Gasteiger partial charge < -0.3 is 28.5 Å². The first-order valence-corrected chi connectivity index (χ1v) is 39.4. The number of unbranched alkanes of at least 4 members (excludes halogenated alkanes) is 41. The molecule has 0 radical (unpaired) electrons. The van der Waals surface area contributed by atoms with Crippen molar-refractivity contribution in [3.63, 3.8) is 0 Å². The summed E-state index contributed by atoms with van der Waals surface area (Å²) >= 11 is 0. The number of phosphoric ester groups is 1. The van der Waals surface area contributed by atoms with Gasteiger partial charge in [0.25, 0.3) is 7.82 Å². The maximum Gasteiger partial charge on any atom is 0.306 e. The van der Waals surface area contributed by atoms with Gasteiger partial charge in [-0.05, 0) is 83.1 Å². The molecule has 1 amide bonds. The fourth-order valence-electron chi connectivity index (χ4n) is 11.1. The van der Waals surface area contributed by atoms with Crippen molar-refractivity contribution in [2.45, 2.75) is 367 Å². The van der Waals surface area contributed by atoms with E-state index in [-0.39, 0.29) is 24.9 Å². The molecule has 0 aliphatic carbocycles. The molecule has 0 aliphatic heterocycles. The summed E-state index contributed by atoms with van der Waals surface area (Å²) < 4.78 is 30.5. The van der Waals surface area contributed by atoms with Crippen LogP contribution in [0.1, 0.15) is 355 Å². The number of amides is 1. The second kappa shape index (κ2) is 68.1. The summed E-state index contributed by atoms with van der Waals surface area (Å²) in [5.41, 5.74) is 0. The SMILES string of the molecule is CC/C=C\C/C=C\C/C=C\C/C=C\C/C=C\C/C=C\CCCCCCCCC(=O)NC(COP(=O)([O-])OCC[N+](C)(C)C)C(/C=C/CCCCCCCCCCC)OC(=O)CCCCCCCCCCCCCCCCCCCCCCCCCCCCC. The number of carbonyl (C=O) groups excluding carboxylic acids is 2. The van der Waals surface area contributed by atoms with Crippen LogP contribution in [0.15, 0.2) is 85.1 Å². The van der Waals surface area contributed by atoms with Crippen molar-refractivity contribution in [1.29, 1.82) is 0 Å². The topological polar surface area (TPSA) is 114 Å². The van der Waals surface area contributed by atoms with Gasteiger partial charge in [0, 0.05) is 12.8 Å². The summed E-state index contributed by atoms with van der Waals surface area (Å²) in [6.45, 7) is 6.76. The molecular formula is C79H145N2O7P. The Bertz CT molecular complexity index is 1800. The standard InChI is InChI=1S/C79H145N2O7P/c1-7-10-13-16-19-22-25-27-29-31-33-35-37-39-40-42-44-46-48-50-52-54-57-60-63-66-69-72-79(83)88-77(70-67-64-61-58-55-24-21-18-15-12-9-3)76(75-87-89(84,85)86-74-73-81(4,5)6)80-78(82)71-68-65-62-59-56-53-51-49-47-45-43-41-38-36-34-32-30-28-26-23-20-17-14-11-8-2/h11,14,20,23,28,30,34,36,41,43,47,49,67,70,76-77H,7-10,12-13,15-19,21-22,24-27,29,31-33,35,37-40,42,44-46,48,50-66,68-69,71-75H2,1-6H3,(H-,80,82,84,85)/b14-11-,23-20-,30-28-,36-34-,43-41-,49-47-,70-67+. The van der Waals surface area contributed by atoms with E-state index < -0.39 is 26.6 Å². The van der Waals surface area contributed by atoms with Crippen LogP contribution >= 0.6 is 7.82 Å². The number of carbonyl (C=O) groups is 2. The molecule has 3 unspecified atom stereocenters. The molecule has 0 heterocycles. The van der Waals surface area contributed by atoms with Gasteiger partial charge in [-0.25, -0.2) is 0 Å². The summed E-state index contributed by atoms with van der Waals surface area (Å²) in [6, 6.07) is -0.900. The van der Waals surface area contributed by atoms with E-state index in [0.29, 0.717) is 17.4 Å². The lowest BCUT2D eigenvalue weighted by atomic mass is 10.0. The lowest BCUT2D eigenvalue weighted by molar-refractivity contribution is -0.870. The van der Waals surface area contributed by atoms with Crippen molar-refractivity contribution < 1.29 is 37.3 Å². The van der Waals surface area contributed by atoms with E-state index in [1.54, 1.807) is 0 Å². The van der Waals surface area contributed by atoms with E-state index in [4.69, 9.17) is 13.8 Å². The zero-order valence-electron chi connectivity index (χ0n) is 59.4. The average molecular weight is 1270 g/mol. The molecule has 518 valence electrons. The third-order valence-electron chi connectivity index (χ3n) is 16.8. The number of rotatable bonds is 69. The average Bonchev–Trinajstić information content (AvgIpc) is 3.62. The third kappa shape index (κ3) is 69.4. The highest BCUT2D eigenvalue weighted by molar-refractivity contribution is 7.45. The zero-order valence-corrected chi connectivity index (χ0v) is 60.3. The quantitative estimate of drug-likeness (QED) is 0.0212. The minimum atomic E-state index is -4.71. The summed E-state index contributed by atoms with van der Waals surface area (Å²) in [7, 11) is 1.18. The molecule has 0 saturated heterocycles. The number of hydrogen-bond donors (Lipinski definition) is 1. The predicted molar refractivity (Wildman–Crippen MR) is 385 cm³/mol. The van der Waals surface area contributed by atoms with Gasteiger partial charge in [-0.15, -0.1) is 0 Å². The predicted octanol–water partition coefficient (Wildman–Crippen LogP) is 23.8. The second-order valence-electron chi connectivity index (χ2n) is 26.8. The molecule has 0 spiro atoms. The van der Waals surface area contributed by atoms with Crippen molar-refractivity contribution in [3.05, 3.63) is 85.1 Å². The van der Waals surface area contributed by atoms with Crippen LogP contribution in [-0.4, -0.2) is 69.4 Å².